The number of hydrogen-bond acceptors (Lipinski definition) is 2. The SMILES string of the molecule is C=CCN(C(=O)S)C(=O)c1ccc(Cl)cc1Cl. The molecule has 0 N–H and O–H groups in total. The van der Waals surface area contributed by atoms with E-state index in [4.69, 9.17) is 23.2 Å². The molecule has 1 aromatic rings. The molecule has 0 bridgehead atoms. The van der Waals surface area contributed by atoms with Gasteiger partial charge in [0, 0.05) is 11.6 Å². The molecule has 0 atom stereocenters. The molecule has 90 valence electrons. The lowest BCUT2D eigenvalue weighted by atomic mass is 10.2. The topological polar surface area (TPSA) is 37.4 Å². The molecule has 0 unspecified atom stereocenters. The van der Waals surface area contributed by atoms with Crippen LogP contribution in [0.15, 0.2) is 30.9 Å². The molecule has 0 aliphatic carbocycles. The zero-order valence-corrected chi connectivity index (χ0v) is 11.1. The number of carbonyl (C=O) groups excluding carboxylic acids is 2. The predicted octanol–water partition coefficient (Wildman–Crippen LogP) is 3.67. The summed E-state index contributed by atoms with van der Waals surface area (Å²) in [6.45, 7) is 3.53. The Morgan fingerprint density at radius 3 is 2.53 bits per heavy atom. The van der Waals surface area contributed by atoms with Gasteiger partial charge in [0.05, 0.1) is 10.6 Å². The summed E-state index contributed by atoms with van der Waals surface area (Å²) >= 11 is 15.2. The average molecular weight is 290 g/mol. The molecular formula is C11H9Cl2NO2S. The van der Waals surface area contributed by atoms with Crippen LogP contribution in [0.2, 0.25) is 10.0 Å². The zero-order valence-electron chi connectivity index (χ0n) is 8.69. The second kappa shape index (κ2) is 6.10. The highest BCUT2D eigenvalue weighted by atomic mass is 35.5. The maximum absolute atomic E-state index is 12.0. The van der Waals surface area contributed by atoms with Crippen molar-refractivity contribution in [3.8, 4) is 0 Å². The van der Waals surface area contributed by atoms with Crippen molar-refractivity contribution in [2.24, 2.45) is 0 Å². The molecule has 0 aromatic heterocycles. The van der Waals surface area contributed by atoms with Crippen molar-refractivity contribution in [3.63, 3.8) is 0 Å². The molecule has 0 saturated carbocycles. The minimum atomic E-state index is -0.666. The van der Waals surface area contributed by atoms with Gasteiger partial charge in [-0.3, -0.25) is 14.5 Å². The average Bonchev–Trinajstić information content (AvgIpc) is 2.24. The van der Waals surface area contributed by atoms with Gasteiger partial charge in [0.2, 0.25) is 0 Å². The molecule has 0 aliphatic heterocycles. The van der Waals surface area contributed by atoms with E-state index in [0.29, 0.717) is 5.02 Å². The molecule has 1 aromatic carbocycles. The molecule has 6 heteroatoms. The number of amides is 2. The number of imide groups is 1. The van der Waals surface area contributed by atoms with E-state index in [1.165, 1.54) is 24.3 Å². The monoisotopic (exact) mass is 289 g/mol. The van der Waals surface area contributed by atoms with Crippen LogP contribution in [0.1, 0.15) is 10.4 Å². The lowest BCUT2D eigenvalue weighted by molar-refractivity contribution is 0.0834. The molecule has 2 amide bonds. The Morgan fingerprint density at radius 1 is 1.41 bits per heavy atom. The number of carbonyl (C=O) groups is 2. The van der Waals surface area contributed by atoms with E-state index in [9.17, 15) is 9.59 Å². The van der Waals surface area contributed by atoms with Crippen LogP contribution in [0.5, 0.6) is 0 Å². The van der Waals surface area contributed by atoms with Gasteiger partial charge in [0.15, 0.2) is 0 Å². The van der Waals surface area contributed by atoms with Crippen LogP contribution in [0, 0.1) is 0 Å². The summed E-state index contributed by atoms with van der Waals surface area (Å²) < 4.78 is 0. The van der Waals surface area contributed by atoms with E-state index in [1.54, 1.807) is 0 Å². The van der Waals surface area contributed by atoms with Crippen molar-refractivity contribution < 1.29 is 9.59 Å². The van der Waals surface area contributed by atoms with Crippen LogP contribution in [0.3, 0.4) is 0 Å². The highest BCUT2D eigenvalue weighted by Crippen LogP contribution is 2.22. The van der Waals surface area contributed by atoms with Crippen molar-refractivity contribution in [1.82, 2.24) is 4.90 Å². The summed E-state index contributed by atoms with van der Waals surface area (Å²) in [6.07, 6.45) is 1.43. The number of hydrogen-bond donors (Lipinski definition) is 1. The Hall–Kier alpha value is -0.970. The fraction of sp³-hybridized carbons (Fsp3) is 0.0909. The zero-order chi connectivity index (χ0) is 13.0. The normalized spacial score (nSPS) is 9.82. The fourth-order valence-electron chi connectivity index (χ4n) is 1.19. The third-order valence-corrected chi connectivity index (χ3v) is 2.74. The molecule has 3 nitrogen and oxygen atoms in total. The number of thiol groups is 1. The van der Waals surface area contributed by atoms with E-state index >= 15 is 0 Å². The molecule has 0 saturated heterocycles. The number of nitrogens with zero attached hydrogens (tertiary/aromatic N) is 1. The van der Waals surface area contributed by atoms with E-state index in [1.807, 2.05) is 0 Å². The first-order valence-corrected chi connectivity index (χ1v) is 5.78. The van der Waals surface area contributed by atoms with Crippen LogP contribution in [-0.2, 0) is 0 Å². The summed E-state index contributed by atoms with van der Waals surface area (Å²) in [4.78, 5) is 24.1. The standard InChI is InChI=1S/C11H9Cl2NO2S/c1-2-5-14(11(16)17)10(15)8-4-3-7(12)6-9(8)13/h2-4,6H,1,5H2,(H,16,17). The highest BCUT2D eigenvalue weighted by molar-refractivity contribution is 7.96. The number of benzene rings is 1. The highest BCUT2D eigenvalue weighted by Gasteiger charge is 2.21. The first kappa shape index (κ1) is 14.1. The molecule has 0 fully saturated rings. The predicted molar refractivity (Wildman–Crippen MR) is 72.1 cm³/mol. The van der Waals surface area contributed by atoms with Gasteiger partial charge < -0.3 is 0 Å². The summed E-state index contributed by atoms with van der Waals surface area (Å²) in [5, 5.41) is -0.0638. The van der Waals surface area contributed by atoms with Crippen molar-refractivity contribution in [3.05, 3.63) is 46.5 Å². The van der Waals surface area contributed by atoms with Gasteiger partial charge in [-0.1, -0.05) is 41.9 Å². The van der Waals surface area contributed by atoms with Crippen LogP contribution in [0.25, 0.3) is 0 Å². The Labute approximate surface area is 114 Å². The maximum atomic E-state index is 12.0. The van der Waals surface area contributed by atoms with Gasteiger partial charge >= 0.3 is 0 Å². The fourth-order valence-corrected chi connectivity index (χ4v) is 1.85. The summed E-state index contributed by atoms with van der Waals surface area (Å²) in [5.41, 5.74) is 0.195. The van der Waals surface area contributed by atoms with Gasteiger partial charge in [0.1, 0.15) is 0 Å². The van der Waals surface area contributed by atoms with E-state index in [0.717, 1.165) is 4.90 Å². The molecule has 17 heavy (non-hydrogen) atoms. The molecular weight excluding hydrogens is 281 g/mol. The molecule has 0 aliphatic rings. The van der Waals surface area contributed by atoms with Gasteiger partial charge in [-0.2, -0.15) is 0 Å². The molecule has 0 spiro atoms. The third kappa shape index (κ3) is 3.49. The van der Waals surface area contributed by atoms with E-state index in [2.05, 4.69) is 19.2 Å². The largest absolute Gasteiger partial charge is 0.285 e. The maximum Gasteiger partial charge on any atom is 0.285 e. The minimum Gasteiger partial charge on any atom is -0.269 e. The summed E-state index contributed by atoms with van der Waals surface area (Å²) in [5.74, 6) is -0.536. The first-order valence-electron chi connectivity index (χ1n) is 4.58. The quantitative estimate of drug-likeness (QED) is 0.681. The van der Waals surface area contributed by atoms with E-state index in [-0.39, 0.29) is 17.1 Å². The number of rotatable bonds is 3. The van der Waals surface area contributed by atoms with Crippen molar-refractivity contribution in [2.45, 2.75) is 0 Å². The van der Waals surface area contributed by atoms with Crippen LogP contribution in [-0.4, -0.2) is 22.6 Å². The van der Waals surface area contributed by atoms with Crippen molar-refractivity contribution in [1.29, 1.82) is 0 Å². The Bertz CT molecular complexity index is 477. The Balaban J connectivity index is 3.09. The van der Waals surface area contributed by atoms with Crippen molar-refractivity contribution >= 4 is 47.0 Å². The first-order chi connectivity index (χ1) is 7.97. The van der Waals surface area contributed by atoms with Crippen molar-refractivity contribution in [2.75, 3.05) is 6.54 Å². The van der Waals surface area contributed by atoms with E-state index < -0.39 is 11.1 Å². The number of halogens is 2. The Kier molecular flexibility index (Phi) is 5.05. The molecule has 0 heterocycles. The minimum absolute atomic E-state index is 0.0696. The molecule has 0 radical (unpaired) electrons. The van der Waals surface area contributed by atoms with Gasteiger partial charge in [-0.25, -0.2) is 0 Å². The Morgan fingerprint density at radius 2 is 2.06 bits per heavy atom. The molecule has 1 rings (SSSR count). The van der Waals surface area contributed by atoms with Gasteiger partial charge in [-0.15, -0.1) is 6.58 Å². The summed E-state index contributed by atoms with van der Waals surface area (Å²) in [6, 6.07) is 4.42. The van der Waals surface area contributed by atoms with Gasteiger partial charge in [-0.05, 0) is 18.2 Å². The smallest absolute Gasteiger partial charge is 0.269 e. The van der Waals surface area contributed by atoms with Gasteiger partial charge in [0.25, 0.3) is 11.1 Å². The summed E-state index contributed by atoms with van der Waals surface area (Å²) in [7, 11) is 0. The second-order valence-corrected chi connectivity index (χ2v) is 4.34. The van der Waals surface area contributed by atoms with Crippen LogP contribution < -0.4 is 0 Å². The van der Waals surface area contributed by atoms with Crippen LogP contribution in [0.4, 0.5) is 4.79 Å². The second-order valence-electron chi connectivity index (χ2n) is 3.11. The lowest BCUT2D eigenvalue weighted by Gasteiger charge is -2.17. The third-order valence-electron chi connectivity index (χ3n) is 1.95. The van der Waals surface area contributed by atoms with Crippen LogP contribution >= 0.6 is 35.8 Å². The lowest BCUT2D eigenvalue weighted by Crippen LogP contribution is -2.33.